The van der Waals surface area contributed by atoms with Gasteiger partial charge in [-0.1, -0.05) is 11.6 Å². The summed E-state index contributed by atoms with van der Waals surface area (Å²) < 4.78 is 0. The fourth-order valence-electron chi connectivity index (χ4n) is 0.996. The molecule has 1 rings (SSSR count). The average Bonchev–Trinajstić information content (AvgIpc) is 2.14. The first-order valence-electron chi connectivity index (χ1n) is 4.18. The van der Waals surface area contributed by atoms with E-state index in [0.29, 0.717) is 29.4 Å². The number of anilines is 1. The summed E-state index contributed by atoms with van der Waals surface area (Å²) >= 11 is 5.83. The second-order valence-electron chi connectivity index (χ2n) is 2.78. The molecule has 0 fully saturated rings. The highest BCUT2D eigenvalue weighted by molar-refractivity contribution is 6.34. The van der Waals surface area contributed by atoms with E-state index in [1.54, 1.807) is 18.2 Å². The Morgan fingerprint density at radius 1 is 1.50 bits per heavy atom. The van der Waals surface area contributed by atoms with Crippen molar-refractivity contribution < 1.29 is 4.79 Å². The Morgan fingerprint density at radius 2 is 2.21 bits per heavy atom. The third-order valence-corrected chi connectivity index (χ3v) is 1.98. The van der Waals surface area contributed by atoms with E-state index >= 15 is 0 Å². The molecule has 14 heavy (non-hydrogen) atoms. The monoisotopic (exact) mass is 213 g/mol. The standard InChI is InChI=1S/C9H12ClN3O/c10-8-5-6(12)1-2-7(8)9(14)13-4-3-11/h1-2,5H,3-4,11-12H2,(H,13,14). The summed E-state index contributed by atoms with van der Waals surface area (Å²) in [4.78, 5) is 11.4. The van der Waals surface area contributed by atoms with Crippen LogP contribution in [0, 0.1) is 0 Å². The van der Waals surface area contributed by atoms with Gasteiger partial charge in [0, 0.05) is 18.8 Å². The zero-order chi connectivity index (χ0) is 10.6. The molecule has 0 radical (unpaired) electrons. The van der Waals surface area contributed by atoms with Crippen LogP contribution in [0.5, 0.6) is 0 Å². The van der Waals surface area contributed by atoms with Crippen LogP contribution in [0.2, 0.25) is 5.02 Å². The number of carbonyl (C=O) groups excluding carboxylic acids is 1. The van der Waals surface area contributed by atoms with E-state index in [1.165, 1.54) is 0 Å². The predicted molar refractivity (Wildman–Crippen MR) is 57.3 cm³/mol. The summed E-state index contributed by atoms with van der Waals surface area (Å²) in [5, 5.41) is 2.97. The van der Waals surface area contributed by atoms with Crippen molar-refractivity contribution in [1.82, 2.24) is 5.32 Å². The lowest BCUT2D eigenvalue weighted by Crippen LogP contribution is -2.29. The molecule has 0 saturated heterocycles. The number of hydrogen-bond donors (Lipinski definition) is 3. The Labute approximate surface area is 87.2 Å². The van der Waals surface area contributed by atoms with Crippen LogP contribution in [0.1, 0.15) is 10.4 Å². The van der Waals surface area contributed by atoms with E-state index < -0.39 is 0 Å². The normalized spacial score (nSPS) is 9.86. The lowest BCUT2D eigenvalue weighted by atomic mass is 10.2. The molecule has 0 aliphatic rings. The van der Waals surface area contributed by atoms with Crippen molar-refractivity contribution in [3.05, 3.63) is 28.8 Å². The van der Waals surface area contributed by atoms with Crippen LogP contribution >= 0.6 is 11.6 Å². The predicted octanol–water partition coefficient (Wildman–Crippen LogP) is 0.611. The summed E-state index contributed by atoms with van der Waals surface area (Å²) in [7, 11) is 0. The number of halogens is 1. The van der Waals surface area contributed by atoms with Crippen LogP contribution in [0.4, 0.5) is 5.69 Å². The lowest BCUT2D eigenvalue weighted by molar-refractivity contribution is 0.0955. The van der Waals surface area contributed by atoms with Gasteiger partial charge in [0.05, 0.1) is 10.6 Å². The summed E-state index contributed by atoms with van der Waals surface area (Å²) in [5.41, 5.74) is 11.7. The van der Waals surface area contributed by atoms with Crippen LogP contribution in [0.15, 0.2) is 18.2 Å². The Bertz CT molecular complexity index is 341. The highest BCUT2D eigenvalue weighted by Gasteiger charge is 2.08. The highest BCUT2D eigenvalue weighted by Crippen LogP contribution is 2.18. The van der Waals surface area contributed by atoms with Crippen molar-refractivity contribution >= 4 is 23.2 Å². The van der Waals surface area contributed by atoms with Gasteiger partial charge in [-0.3, -0.25) is 4.79 Å². The summed E-state index contributed by atoms with van der Waals surface area (Å²) in [6.07, 6.45) is 0. The largest absolute Gasteiger partial charge is 0.399 e. The van der Waals surface area contributed by atoms with E-state index in [4.69, 9.17) is 23.1 Å². The number of amides is 1. The Hall–Kier alpha value is -1.26. The molecular formula is C9H12ClN3O. The molecule has 4 nitrogen and oxygen atoms in total. The van der Waals surface area contributed by atoms with Crippen molar-refractivity contribution in [3.63, 3.8) is 0 Å². The molecule has 5 N–H and O–H groups in total. The number of nitrogen functional groups attached to an aromatic ring is 1. The Morgan fingerprint density at radius 3 is 2.79 bits per heavy atom. The molecule has 0 spiro atoms. The van der Waals surface area contributed by atoms with Gasteiger partial charge < -0.3 is 16.8 Å². The maximum Gasteiger partial charge on any atom is 0.252 e. The van der Waals surface area contributed by atoms with Gasteiger partial charge in [-0.25, -0.2) is 0 Å². The summed E-state index contributed by atoms with van der Waals surface area (Å²) in [5.74, 6) is -0.236. The number of benzene rings is 1. The molecule has 0 bridgehead atoms. The van der Waals surface area contributed by atoms with E-state index in [1.807, 2.05) is 0 Å². The topological polar surface area (TPSA) is 81.1 Å². The third-order valence-electron chi connectivity index (χ3n) is 1.67. The van der Waals surface area contributed by atoms with Gasteiger partial charge >= 0.3 is 0 Å². The first kappa shape index (κ1) is 10.8. The molecule has 0 saturated carbocycles. The van der Waals surface area contributed by atoms with Crippen LogP contribution in [0.3, 0.4) is 0 Å². The Balaban J connectivity index is 2.80. The number of nitrogens with two attached hydrogens (primary N) is 2. The minimum Gasteiger partial charge on any atom is -0.399 e. The molecule has 1 aromatic rings. The van der Waals surface area contributed by atoms with Gasteiger partial charge in [0.25, 0.3) is 5.91 Å². The van der Waals surface area contributed by atoms with Crippen LogP contribution in [0.25, 0.3) is 0 Å². The van der Waals surface area contributed by atoms with Gasteiger partial charge in [-0.05, 0) is 18.2 Å². The smallest absolute Gasteiger partial charge is 0.252 e. The van der Waals surface area contributed by atoms with Gasteiger partial charge in [-0.15, -0.1) is 0 Å². The van der Waals surface area contributed by atoms with Crippen molar-refractivity contribution in [2.24, 2.45) is 5.73 Å². The fraction of sp³-hybridized carbons (Fsp3) is 0.222. The van der Waals surface area contributed by atoms with Gasteiger partial charge in [0.2, 0.25) is 0 Å². The third kappa shape index (κ3) is 2.61. The molecule has 0 atom stereocenters. The summed E-state index contributed by atoms with van der Waals surface area (Å²) in [6, 6.07) is 4.76. The van der Waals surface area contributed by atoms with Crippen molar-refractivity contribution in [1.29, 1.82) is 0 Å². The van der Waals surface area contributed by atoms with E-state index in [0.717, 1.165) is 0 Å². The molecule has 0 unspecified atom stereocenters. The van der Waals surface area contributed by atoms with Gasteiger partial charge in [0.1, 0.15) is 0 Å². The maximum atomic E-state index is 11.4. The second kappa shape index (κ2) is 4.83. The molecule has 76 valence electrons. The quantitative estimate of drug-likeness (QED) is 0.644. The van der Waals surface area contributed by atoms with Crippen LogP contribution in [-0.4, -0.2) is 19.0 Å². The highest BCUT2D eigenvalue weighted by atomic mass is 35.5. The lowest BCUT2D eigenvalue weighted by Gasteiger charge is -2.05. The molecule has 1 aromatic carbocycles. The van der Waals surface area contributed by atoms with Crippen molar-refractivity contribution in [2.75, 3.05) is 18.8 Å². The number of nitrogens with one attached hydrogen (secondary N) is 1. The van der Waals surface area contributed by atoms with E-state index in [9.17, 15) is 4.79 Å². The minimum atomic E-state index is -0.236. The molecule has 0 aromatic heterocycles. The number of hydrogen-bond acceptors (Lipinski definition) is 3. The molecule has 5 heteroatoms. The van der Waals surface area contributed by atoms with Crippen molar-refractivity contribution in [2.45, 2.75) is 0 Å². The first-order valence-corrected chi connectivity index (χ1v) is 4.56. The van der Waals surface area contributed by atoms with Gasteiger partial charge in [0.15, 0.2) is 0 Å². The van der Waals surface area contributed by atoms with E-state index in [2.05, 4.69) is 5.32 Å². The maximum absolute atomic E-state index is 11.4. The molecule has 0 aliphatic heterocycles. The average molecular weight is 214 g/mol. The number of rotatable bonds is 3. The molecule has 0 heterocycles. The second-order valence-corrected chi connectivity index (χ2v) is 3.19. The Kier molecular flexibility index (Phi) is 3.73. The number of carbonyl (C=O) groups is 1. The molecule has 0 aliphatic carbocycles. The zero-order valence-electron chi connectivity index (χ0n) is 7.59. The van der Waals surface area contributed by atoms with Crippen LogP contribution in [-0.2, 0) is 0 Å². The SMILES string of the molecule is NCCNC(=O)c1ccc(N)cc1Cl. The minimum absolute atomic E-state index is 0.236. The summed E-state index contributed by atoms with van der Waals surface area (Å²) in [6.45, 7) is 0.831. The fourth-order valence-corrected chi connectivity index (χ4v) is 1.27. The molecule has 1 amide bonds. The zero-order valence-corrected chi connectivity index (χ0v) is 8.34. The van der Waals surface area contributed by atoms with Crippen LogP contribution < -0.4 is 16.8 Å². The molecular weight excluding hydrogens is 202 g/mol. The first-order chi connectivity index (χ1) is 6.65. The van der Waals surface area contributed by atoms with Crippen molar-refractivity contribution in [3.8, 4) is 0 Å². The van der Waals surface area contributed by atoms with E-state index in [-0.39, 0.29) is 5.91 Å². The van der Waals surface area contributed by atoms with Gasteiger partial charge in [-0.2, -0.15) is 0 Å².